The number of hydrogen-bond acceptors (Lipinski definition) is 7. The molecule has 2 aromatic rings. The van der Waals surface area contributed by atoms with Crippen LogP contribution in [-0.2, 0) is 20.8 Å². The first kappa shape index (κ1) is 28.4. The number of aryl methyl sites for hydroxylation is 1. The van der Waals surface area contributed by atoms with E-state index in [-0.39, 0.29) is 35.6 Å². The summed E-state index contributed by atoms with van der Waals surface area (Å²) in [5.41, 5.74) is -2.98. The van der Waals surface area contributed by atoms with Crippen LogP contribution >= 0.6 is 0 Å². The lowest BCUT2D eigenvalue weighted by atomic mass is 9.43. The van der Waals surface area contributed by atoms with E-state index in [1.807, 2.05) is 31.2 Å². The number of Topliss-reactive ketones (excluding diaryl/α,β-unsaturated/α-hetero) is 3. The smallest absolute Gasteiger partial charge is 0.203 e. The average Bonchev–Trinajstić information content (AvgIpc) is 2.85. The van der Waals surface area contributed by atoms with Gasteiger partial charge in [0.1, 0.15) is 22.8 Å². The molecule has 212 valence electrons. The highest BCUT2D eigenvalue weighted by Gasteiger charge is 2.72. The summed E-state index contributed by atoms with van der Waals surface area (Å²) in [5, 5.41) is 45.8. The Morgan fingerprint density at radius 2 is 1.73 bits per heavy atom. The molecule has 3 aliphatic carbocycles. The Bertz CT molecular complexity index is 1680. The van der Waals surface area contributed by atoms with Gasteiger partial charge in [-0.05, 0) is 68.0 Å². The number of rotatable bonds is 2. The van der Waals surface area contributed by atoms with Crippen LogP contribution in [0, 0.1) is 41.4 Å². The maximum Gasteiger partial charge on any atom is 0.203 e. The SMILES string of the molecule is CC(=O)C1=C(O)[C@]2(O)C(=O)C3=C(O)c4c(O)ccc(C#Cc5cccc(C)c5)c4C[C@]3(C)C[C@]2(C)C(C(C)C)C1=O. The van der Waals surface area contributed by atoms with Gasteiger partial charge in [-0.15, -0.1) is 0 Å². The van der Waals surface area contributed by atoms with Crippen molar-refractivity contribution in [2.24, 2.45) is 22.7 Å². The number of carbonyl (C=O) groups excluding carboxylic acids is 3. The number of phenols is 1. The fourth-order valence-corrected chi connectivity index (χ4v) is 7.70. The Morgan fingerprint density at radius 1 is 1.05 bits per heavy atom. The van der Waals surface area contributed by atoms with Crippen LogP contribution in [0.3, 0.4) is 0 Å². The summed E-state index contributed by atoms with van der Waals surface area (Å²) in [5.74, 6) is 0.851. The van der Waals surface area contributed by atoms with Crippen molar-refractivity contribution >= 4 is 23.1 Å². The molecule has 5 rings (SSSR count). The number of ketones is 3. The highest BCUT2D eigenvalue weighted by Crippen LogP contribution is 2.65. The number of aliphatic hydroxyl groups is 3. The Hall–Kier alpha value is -4.15. The summed E-state index contributed by atoms with van der Waals surface area (Å²) in [6.07, 6.45) is 0.208. The molecule has 0 bridgehead atoms. The molecule has 0 spiro atoms. The third kappa shape index (κ3) is 3.81. The molecule has 1 saturated carbocycles. The number of hydrogen-bond donors (Lipinski definition) is 4. The first-order valence-corrected chi connectivity index (χ1v) is 13.7. The predicted octanol–water partition coefficient (Wildman–Crippen LogP) is 4.90. The van der Waals surface area contributed by atoms with E-state index in [0.717, 1.165) is 18.1 Å². The molecule has 0 aromatic heterocycles. The number of aliphatic hydroxyl groups excluding tert-OH is 2. The van der Waals surface area contributed by atoms with Crippen LogP contribution < -0.4 is 0 Å². The number of aromatic hydroxyl groups is 1. The molecule has 0 amide bonds. The molecule has 7 heteroatoms. The molecule has 0 saturated heterocycles. The van der Waals surface area contributed by atoms with Crippen LogP contribution in [0.15, 0.2) is 53.3 Å². The summed E-state index contributed by atoms with van der Waals surface area (Å²) < 4.78 is 0. The summed E-state index contributed by atoms with van der Waals surface area (Å²) in [6.45, 7) is 9.99. The second kappa shape index (κ2) is 9.19. The van der Waals surface area contributed by atoms with E-state index < -0.39 is 56.8 Å². The van der Waals surface area contributed by atoms with Gasteiger partial charge in [0.2, 0.25) is 5.78 Å². The summed E-state index contributed by atoms with van der Waals surface area (Å²) >= 11 is 0. The molecule has 0 heterocycles. The van der Waals surface area contributed by atoms with Gasteiger partial charge in [0.05, 0.1) is 5.56 Å². The number of fused-ring (bicyclic) bond motifs is 3. The third-order valence-corrected chi connectivity index (χ3v) is 9.25. The first-order chi connectivity index (χ1) is 19.1. The molecule has 2 aromatic carbocycles. The Morgan fingerprint density at radius 3 is 2.34 bits per heavy atom. The van der Waals surface area contributed by atoms with Gasteiger partial charge in [0, 0.05) is 33.4 Å². The first-order valence-electron chi connectivity index (χ1n) is 13.7. The lowest BCUT2D eigenvalue weighted by Crippen LogP contribution is -2.69. The van der Waals surface area contributed by atoms with Gasteiger partial charge in [0.15, 0.2) is 17.2 Å². The average molecular weight is 555 g/mol. The van der Waals surface area contributed by atoms with E-state index in [1.54, 1.807) is 33.8 Å². The highest BCUT2D eigenvalue weighted by atomic mass is 16.3. The zero-order valence-electron chi connectivity index (χ0n) is 24.0. The minimum absolute atomic E-state index is 0.0330. The van der Waals surface area contributed by atoms with E-state index in [9.17, 15) is 34.8 Å². The molecular weight excluding hydrogens is 520 g/mol. The monoisotopic (exact) mass is 554 g/mol. The van der Waals surface area contributed by atoms with Crippen molar-refractivity contribution in [1.82, 2.24) is 0 Å². The van der Waals surface area contributed by atoms with Crippen molar-refractivity contribution in [1.29, 1.82) is 0 Å². The second-order valence-corrected chi connectivity index (χ2v) is 12.6. The number of allylic oxidation sites excluding steroid dienone is 1. The van der Waals surface area contributed by atoms with Gasteiger partial charge >= 0.3 is 0 Å². The van der Waals surface area contributed by atoms with E-state index in [2.05, 4.69) is 11.8 Å². The number of carbonyl (C=O) groups is 3. The van der Waals surface area contributed by atoms with Crippen LogP contribution in [-0.4, -0.2) is 43.4 Å². The highest BCUT2D eigenvalue weighted by molar-refractivity contribution is 6.24. The Kier molecular flexibility index (Phi) is 6.36. The lowest BCUT2D eigenvalue weighted by molar-refractivity contribution is -0.178. The van der Waals surface area contributed by atoms with Gasteiger partial charge in [-0.25, -0.2) is 0 Å². The maximum absolute atomic E-state index is 14.3. The zero-order chi connectivity index (χ0) is 30.2. The summed E-state index contributed by atoms with van der Waals surface area (Å²) in [4.78, 5) is 40.5. The van der Waals surface area contributed by atoms with Gasteiger partial charge in [-0.3, -0.25) is 14.4 Å². The van der Waals surface area contributed by atoms with Gasteiger partial charge in [-0.1, -0.05) is 51.7 Å². The lowest BCUT2D eigenvalue weighted by Gasteiger charge is -2.59. The van der Waals surface area contributed by atoms with Crippen molar-refractivity contribution in [3.63, 3.8) is 0 Å². The van der Waals surface area contributed by atoms with Crippen LogP contribution in [0.1, 0.15) is 68.9 Å². The van der Waals surface area contributed by atoms with Crippen molar-refractivity contribution in [2.45, 2.75) is 60.0 Å². The molecule has 1 fully saturated rings. The normalized spacial score (nSPS) is 29.0. The topological polar surface area (TPSA) is 132 Å². The number of phenolic OH excluding ortho intramolecular Hbond substituents is 1. The molecule has 41 heavy (non-hydrogen) atoms. The van der Waals surface area contributed by atoms with E-state index in [0.29, 0.717) is 11.1 Å². The molecule has 0 aliphatic heterocycles. The van der Waals surface area contributed by atoms with Crippen LogP contribution in [0.2, 0.25) is 0 Å². The van der Waals surface area contributed by atoms with Crippen molar-refractivity contribution in [2.75, 3.05) is 0 Å². The van der Waals surface area contributed by atoms with Gasteiger partial charge in [0.25, 0.3) is 0 Å². The van der Waals surface area contributed by atoms with Gasteiger partial charge < -0.3 is 20.4 Å². The maximum atomic E-state index is 14.3. The molecule has 0 radical (unpaired) electrons. The molecule has 1 unspecified atom stereocenters. The fraction of sp³-hybridized carbons (Fsp3) is 0.382. The molecule has 3 aliphatic rings. The van der Waals surface area contributed by atoms with Crippen molar-refractivity contribution in [3.05, 3.63) is 81.1 Å². The minimum Gasteiger partial charge on any atom is -0.508 e. The van der Waals surface area contributed by atoms with E-state index in [1.165, 1.54) is 6.07 Å². The Labute approximate surface area is 239 Å². The molecule has 7 nitrogen and oxygen atoms in total. The third-order valence-electron chi connectivity index (χ3n) is 9.25. The second-order valence-electron chi connectivity index (χ2n) is 12.6. The van der Waals surface area contributed by atoms with Crippen LogP contribution in [0.5, 0.6) is 5.75 Å². The molecule has 4 atom stereocenters. The van der Waals surface area contributed by atoms with Crippen LogP contribution in [0.25, 0.3) is 5.76 Å². The predicted molar refractivity (Wildman–Crippen MR) is 153 cm³/mol. The standard InChI is InChI=1S/C34H34O7/c1-17(2)26-28(37)24(19(4)35)30(39)34(41)31(40)27-29(38)25-22(15-32(27,5)16-33(26,34)6)21(12-13-23(25)36)11-10-20-9-7-8-18(3)14-20/h7-9,12-14,17,26,36,38-39,41H,15-16H2,1-6H3/t26?,32-,33-,34+/m1/s1. The largest absolute Gasteiger partial charge is 0.508 e. The van der Waals surface area contributed by atoms with E-state index in [4.69, 9.17) is 0 Å². The van der Waals surface area contributed by atoms with Crippen molar-refractivity contribution < 1.29 is 34.8 Å². The minimum atomic E-state index is -2.63. The summed E-state index contributed by atoms with van der Waals surface area (Å²) in [6, 6.07) is 10.8. The Balaban J connectivity index is 1.77. The summed E-state index contributed by atoms with van der Waals surface area (Å²) in [7, 11) is 0. The molecular formula is C34H34O7. The van der Waals surface area contributed by atoms with Crippen LogP contribution in [0.4, 0.5) is 0 Å². The molecule has 4 N–H and O–H groups in total. The fourth-order valence-electron chi connectivity index (χ4n) is 7.70. The van der Waals surface area contributed by atoms with E-state index >= 15 is 0 Å². The van der Waals surface area contributed by atoms with Crippen molar-refractivity contribution in [3.8, 4) is 17.6 Å². The zero-order valence-corrected chi connectivity index (χ0v) is 24.0. The number of benzene rings is 2. The quantitative estimate of drug-likeness (QED) is 0.307. The van der Waals surface area contributed by atoms with Gasteiger partial charge in [-0.2, -0.15) is 0 Å².